The Labute approximate surface area is 141 Å². The summed E-state index contributed by atoms with van der Waals surface area (Å²) in [5.74, 6) is -1.75. The fourth-order valence-corrected chi connectivity index (χ4v) is 2.23. The van der Waals surface area contributed by atoms with Gasteiger partial charge in [0.1, 0.15) is 11.4 Å². The number of ether oxygens (including phenoxy) is 1. The van der Waals surface area contributed by atoms with Crippen molar-refractivity contribution in [2.75, 3.05) is 11.9 Å². The highest BCUT2D eigenvalue weighted by Gasteiger charge is 2.15. The van der Waals surface area contributed by atoms with E-state index in [1.807, 2.05) is 0 Å². The summed E-state index contributed by atoms with van der Waals surface area (Å²) in [6.07, 6.45) is 0. The van der Waals surface area contributed by atoms with Crippen LogP contribution in [-0.2, 0) is 9.53 Å². The summed E-state index contributed by atoms with van der Waals surface area (Å²) in [5.41, 5.74) is 0.887. The van der Waals surface area contributed by atoms with Gasteiger partial charge in [-0.3, -0.25) is 4.79 Å². The lowest BCUT2D eigenvalue weighted by Gasteiger charge is -2.05. The molecule has 0 aliphatic rings. The number of esters is 1. The molecule has 5 nitrogen and oxygen atoms in total. The molecule has 0 radical (unpaired) electrons. The van der Waals surface area contributed by atoms with Gasteiger partial charge < -0.3 is 14.5 Å². The van der Waals surface area contributed by atoms with Crippen LogP contribution in [-0.4, -0.2) is 18.5 Å². The molecule has 24 heavy (non-hydrogen) atoms. The van der Waals surface area contributed by atoms with E-state index in [0.717, 1.165) is 0 Å². The Balaban J connectivity index is 1.59. The van der Waals surface area contributed by atoms with Crippen molar-refractivity contribution < 1.29 is 23.1 Å². The third kappa shape index (κ3) is 3.72. The van der Waals surface area contributed by atoms with Crippen molar-refractivity contribution in [3.8, 4) is 0 Å². The Kier molecular flexibility index (Phi) is 4.48. The molecule has 0 fully saturated rings. The van der Waals surface area contributed by atoms with E-state index in [1.165, 1.54) is 30.3 Å². The first-order valence-corrected chi connectivity index (χ1v) is 7.31. The zero-order valence-corrected chi connectivity index (χ0v) is 13.0. The Morgan fingerprint density at radius 1 is 1.12 bits per heavy atom. The lowest BCUT2D eigenvalue weighted by molar-refractivity contribution is -0.119. The molecule has 1 heterocycles. The zero-order valence-electron chi connectivity index (χ0n) is 12.2. The lowest BCUT2D eigenvalue weighted by atomic mass is 10.2. The van der Waals surface area contributed by atoms with Gasteiger partial charge in [-0.05, 0) is 48.5 Å². The number of carbonyl (C=O) groups is 2. The smallest absolute Gasteiger partial charge is 0.374 e. The van der Waals surface area contributed by atoms with E-state index < -0.39 is 24.3 Å². The second kappa shape index (κ2) is 6.72. The number of fused-ring (bicyclic) bond motifs is 1. The van der Waals surface area contributed by atoms with Gasteiger partial charge in [0.05, 0.1) is 0 Å². The summed E-state index contributed by atoms with van der Waals surface area (Å²) >= 11 is 5.86. The molecule has 0 unspecified atom stereocenters. The molecule has 1 N–H and O–H groups in total. The molecule has 0 aliphatic heterocycles. The zero-order chi connectivity index (χ0) is 17.1. The minimum atomic E-state index is -0.767. The highest BCUT2D eigenvalue weighted by molar-refractivity contribution is 6.31. The predicted molar refractivity (Wildman–Crippen MR) is 86.5 cm³/mol. The molecule has 1 amide bonds. The number of hydrogen-bond acceptors (Lipinski definition) is 4. The van der Waals surface area contributed by atoms with Crippen LogP contribution in [0.2, 0.25) is 5.02 Å². The Hall–Kier alpha value is -2.86. The van der Waals surface area contributed by atoms with Gasteiger partial charge in [-0.2, -0.15) is 0 Å². The van der Waals surface area contributed by atoms with Crippen molar-refractivity contribution >= 4 is 40.1 Å². The molecule has 122 valence electrons. The van der Waals surface area contributed by atoms with Crippen LogP contribution in [0.15, 0.2) is 52.9 Å². The van der Waals surface area contributed by atoms with Crippen LogP contribution in [0.3, 0.4) is 0 Å². The Morgan fingerprint density at radius 2 is 1.88 bits per heavy atom. The second-order valence-electron chi connectivity index (χ2n) is 4.92. The normalized spacial score (nSPS) is 10.6. The molecule has 0 saturated carbocycles. The molecule has 3 aromatic rings. The number of furan rings is 1. The third-order valence-corrected chi connectivity index (χ3v) is 3.38. The molecule has 7 heteroatoms. The van der Waals surface area contributed by atoms with E-state index >= 15 is 0 Å². The Bertz CT molecular complexity index is 905. The van der Waals surface area contributed by atoms with Gasteiger partial charge in [0.2, 0.25) is 5.76 Å². The van der Waals surface area contributed by atoms with Gasteiger partial charge in [-0.1, -0.05) is 11.6 Å². The number of carbonyl (C=O) groups excluding carboxylic acids is 2. The lowest BCUT2D eigenvalue weighted by Crippen LogP contribution is -2.20. The van der Waals surface area contributed by atoms with Crippen LogP contribution in [0.5, 0.6) is 0 Å². The third-order valence-electron chi connectivity index (χ3n) is 3.14. The highest BCUT2D eigenvalue weighted by Crippen LogP contribution is 2.23. The molecule has 0 atom stereocenters. The van der Waals surface area contributed by atoms with Crippen molar-refractivity contribution in [2.45, 2.75) is 0 Å². The summed E-state index contributed by atoms with van der Waals surface area (Å²) in [5, 5.41) is 3.65. The molecule has 0 bridgehead atoms. The van der Waals surface area contributed by atoms with E-state index in [0.29, 0.717) is 21.7 Å². The topological polar surface area (TPSA) is 68.5 Å². The van der Waals surface area contributed by atoms with E-state index in [2.05, 4.69) is 5.32 Å². The summed E-state index contributed by atoms with van der Waals surface area (Å²) in [6.45, 7) is -0.492. The number of benzene rings is 2. The van der Waals surface area contributed by atoms with Gasteiger partial charge in [-0.25, -0.2) is 9.18 Å². The van der Waals surface area contributed by atoms with Crippen molar-refractivity contribution in [3.05, 3.63) is 65.1 Å². The van der Waals surface area contributed by atoms with Crippen LogP contribution in [0.25, 0.3) is 11.0 Å². The summed E-state index contributed by atoms with van der Waals surface area (Å²) < 4.78 is 23.0. The average molecular weight is 348 g/mol. The van der Waals surface area contributed by atoms with Crippen molar-refractivity contribution in [1.82, 2.24) is 0 Å². The van der Waals surface area contributed by atoms with Crippen LogP contribution in [0, 0.1) is 5.82 Å². The molecular weight excluding hydrogens is 337 g/mol. The number of amides is 1. The van der Waals surface area contributed by atoms with E-state index in [4.69, 9.17) is 20.8 Å². The maximum absolute atomic E-state index is 12.8. The minimum absolute atomic E-state index is 0.0261. The number of hydrogen-bond donors (Lipinski definition) is 1. The standard InChI is InChI=1S/C17H11ClFNO4/c18-11-1-6-14-10(7-11)8-15(24-14)17(22)23-9-16(21)20-13-4-2-12(19)3-5-13/h1-8H,9H2,(H,20,21). The molecular formula is C17H11ClFNO4. The van der Waals surface area contributed by atoms with E-state index in [-0.39, 0.29) is 5.76 Å². The van der Waals surface area contributed by atoms with Crippen LogP contribution in [0.4, 0.5) is 10.1 Å². The van der Waals surface area contributed by atoms with Gasteiger partial charge in [0.15, 0.2) is 6.61 Å². The van der Waals surface area contributed by atoms with Gasteiger partial charge in [0, 0.05) is 16.1 Å². The maximum atomic E-state index is 12.8. The van der Waals surface area contributed by atoms with Gasteiger partial charge in [-0.15, -0.1) is 0 Å². The average Bonchev–Trinajstić information content (AvgIpc) is 2.98. The number of anilines is 1. The number of nitrogens with one attached hydrogen (secondary N) is 1. The molecule has 0 spiro atoms. The number of rotatable bonds is 4. The molecule has 2 aromatic carbocycles. The van der Waals surface area contributed by atoms with Gasteiger partial charge in [0.25, 0.3) is 5.91 Å². The second-order valence-corrected chi connectivity index (χ2v) is 5.36. The maximum Gasteiger partial charge on any atom is 0.374 e. The van der Waals surface area contributed by atoms with Crippen molar-refractivity contribution in [2.24, 2.45) is 0 Å². The first-order valence-electron chi connectivity index (χ1n) is 6.93. The molecule has 0 aliphatic carbocycles. The monoisotopic (exact) mass is 347 g/mol. The largest absolute Gasteiger partial charge is 0.450 e. The quantitative estimate of drug-likeness (QED) is 0.724. The molecule has 3 rings (SSSR count). The first kappa shape index (κ1) is 16.0. The SMILES string of the molecule is O=C(COC(=O)c1cc2cc(Cl)ccc2o1)Nc1ccc(F)cc1. The summed E-state index contributed by atoms with van der Waals surface area (Å²) in [7, 11) is 0. The fourth-order valence-electron chi connectivity index (χ4n) is 2.05. The fraction of sp³-hybridized carbons (Fsp3) is 0.0588. The molecule has 1 aromatic heterocycles. The van der Waals surface area contributed by atoms with E-state index in [1.54, 1.807) is 18.2 Å². The van der Waals surface area contributed by atoms with Crippen molar-refractivity contribution in [1.29, 1.82) is 0 Å². The number of halogens is 2. The summed E-state index contributed by atoms with van der Waals surface area (Å²) in [4.78, 5) is 23.6. The van der Waals surface area contributed by atoms with Crippen molar-refractivity contribution in [3.63, 3.8) is 0 Å². The summed E-state index contributed by atoms with van der Waals surface area (Å²) in [6, 6.07) is 11.6. The first-order chi connectivity index (χ1) is 11.5. The Morgan fingerprint density at radius 3 is 2.62 bits per heavy atom. The van der Waals surface area contributed by atoms with Crippen LogP contribution >= 0.6 is 11.6 Å². The highest BCUT2D eigenvalue weighted by atomic mass is 35.5. The van der Waals surface area contributed by atoms with Crippen LogP contribution < -0.4 is 5.32 Å². The predicted octanol–water partition coefficient (Wildman–Crippen LogP) is 4.02. The van der Waals surface area contributed by atoms with Gasteiger partial charge >= 0.3 is 5.97 Å². The molecule has 0 saturated heterocycles. The van der Waals surface area contributed by atoms with E-state index in [9.17, 15) is 14.0 Å². The van der Waals surface area contributed by atoms with Crippen LogP contribution in [0.1, 0.15) is 10.6 Å². The minimum Gasteiger partial charge on any atom is -0.450 e.